The van der Waals surface area contributed by atoms with Crippen LogP contribution >= 0.6 is 34.8 Å². The third-order valence-corrected chi connectivity index (χ3v) is 7.18. The highest BCUT2D eigenvalue weighted by Crippen LogP contribution is 2.27. The van der Waals surface area contributed by atoms with Crippen LogP contribution in [0.15, 0.2) is 30.3 Å². The highest BCUT2D eigenvalue weighted by atomic mass is 35.5. The maximum absolute atomic E-state index is 13.2. The number of halogens is 3. The number of benzene rings is 2. The first-order valence-electron chi connectivity index (χ1n) is 11.1. The summed E-state index contributed by atoms with van der Waals surface area (Å²) in [6.45, 7) is 5.44. The minimum absolute atomic E-state index is 0.160. The smallest absolute Gasteiger partial charge is 0.261 e. The summed E-state index contributed by atoms with van der Waals surface area (Å²) in [6.07, 6.45) is 4.15. The second-order valence-corrected chi connectivity index (χ2v) is 9.80. The van der Waals surface area contributed by atoms with E-state index in [2.05, 4.69) is 5.32 Å². The minimum atomic E-state index is -0.692. The molecular weight excluding hydrogens is 483 g/mol. The van der Waals surface area contributed by atoms with Crippen molar-refractivity contribution < 1.29 is 14.3 Å². The lowest BCUT2D eigenvalue weighted by atomic mass is 10.1. The summed E-state index contributed by atoms with van der Waals surface area (Å²) < 4.78 is 5.78. The molecule has 0 heterocycles. The Kier molecular flexibility index (Phi) is 8.91. The number of hydrogen-bond acceptors (Lipinski definition) is 3. The van der Waals surface area contributed by atoms with Crippen LogP contribution in [-0.4, -0.2) is 35.4 Å². The Bertz CT molecular complexity index is 999. The normalized spacial score (nSPS) is 14.7. The van der Waals surface area contributed by atoms with Crippen LogP contribution in [0.5, 0.6) is 5.75 Å². The van der Waals surface area contributed by atoms with Crippen LogP contribution in [0.1, 0.15) is 49.3 Å². The summed E-state index contributed by atoms with van der Waals surface area (Å²) in [5.41, 5.74) is 2.44. The molecule has 1 aliphatic carbocycles. The molecule has 33 heavy (non-hydrogen) atoms. The van der Waals surface area contributed by atoms with Gasteiger partial charge >= 0.3 is 0 Å². The van der Waals surface area contributed by atoms with Gasteiger partial charge in [-0.1, -0.05) is 53.7 Å². The van der Waals surface area contributed by atoms with Gasteiger partial charge in [0.1, 0.15) is 11.8 Å². The van der Waals surface area contributed by atoms with E-state index in [1.807, 2.05) is 13.8 Å². The van der Waals surface area contributed by atoms with Crippen molar-refractivity contribution >= 4 is 46.6 Å². The number of carbonyl (C=O) groups is 2. The largest absolute Gasteiger partial charge is 0.484 e. The van der Waals surface area contributed by atoms with Gasteiger partial charge < -0.3 is 15.0 Å². The van der Waals surface area contributed by atoms with Crippen molar-refractivity contribution in [2.24, 2.45) is 0 Å². The fraction of sp³-hybridized carbons (Fsp3) is 0.440. The van der Waals surface area contributed by atoms with E-state index in [0.717, 1.165) is 36.8 Å². The van der Waals surface area contributed by atoms with Crippen molar-refractivity contribution in [3.8, 4) is 5.75 Å². The molecule has 8 heteroatoms. The second kappa shape index (κ2) is 11.5. The molecule has 1 saturated carbocycles. The maximum Gasteiger partial charge on any atom is 0.261 e. The summed E-state index contributed by atoms with van der Waals surface area (Å²) >= 11 is 18.6. The average Bonchev–Trinajstić information content (AvgIpc) is 3.27. The molecule has 0 radical (unpaired) electrons. The predicted molar refractivity (Wildman–Crippen MR) is 133 cm³/mol. The molecule has 0 bridgehead atoms. The van der Waals surface area contributed by atoms with Gasteiger partial charge in [0.15, 0.2) is 6.61 Å². The van der Waals surface area contributed by atoms with Crippen LogP contribution in [0.3, 0.4) is 0 Å². The third kappa shape index (κ3) is 6.78. The van der Waals surface area contributed by atoms with Crippen LogP contribution in [0.4, 0.5) is 0 Å². The number of ether oxygens (including phenoxy) is 1. The zero-order valence-corrected chi connectivity index (χ0v) is 21.4. The molecular formula is C25H29Cl3N2O3. The number of rotatable bonds is 8. The van der Waals surface area contributed by atoms with E-state index < -0.39 is 6.04 Å². The Morgan fingerprint density at radius 3 is 2.33 bits per heavy atom. The van der Waals surface area contributed by atoms with Crippen molar-refractivity contribution in [1.29, 1.82) is 0 Å². The van der Waals surface area contributed by atoms with Gasteiger partial charge in [0.2, 0.25) is 5.91 Å². The Hall–Kier alpha value is -1.95. The zero-order valence-electron chi connectivity index (χ0n) is 19.1. The van der Waals surface area contributed by atoms with Gasteiger partial charge in [-0.25, -0.2) is 0 Å². The Balaban J connectivity index is 1.77. The SMILES string of the molecule is Cc1cc(OCC(=O)N(Cc2ccc(Cl)cc2Cl)[C@H](C)C(=O)NC2CCCC2)cc(C)c1Cl. The van der Waals surface area contributed by atoms with Crippen LogP contribution in [0, 0.1) is 13.8 Å². The minimum Gasteiger partial charge on any atom is -0.484 e. The van der Waals surface area contributed by atoms with E-state index in [0.29, 0.717) is 26.4 Å². The van der Waals surface area contributed by atoms with E-state index >= 15 is 0 Å². The molecule has 1 atom stereocenters. The number of aryl methyl sites for hydroxylation is 2. The lowest BCUT2D eigenvalue weighted by Crippen LogP contribution is -2.50. The standard InChI is InChI=1S/C25H29Cl3N2O3/c1-15-10-21(11-16(2)24(15)28)33-14-23(31)30(13-18-8-9-19(26)12-22(18)27)17(3)25(32)29-20-6-4-5-7-20/h8-12,17,20H,4-7,13-14H2,1-3H3,(H,29,32)/t17-/m1/s1. The number of hydrogen-bond donors (Lipinski definition) is 1. The molecule has 2 aromatic carbocycles. The first-order chi connectivity index (χ1) is 15.7. The molecule has 2 aromatic rings. The summed E-state index contributed by atoms with van der Waals surface area (Å²) in [5.74, 6) is 0.0501. The number of carbonyl (C=O) groups excluding carboxylic acids is 2. The quantitative estimate of drug-likeness (QED) is 0.464. The van der Waals surface area contributed by atoms with E-state index in [-0.39, 0.29) is 31.0 Å². The fourth-order valence-electron chi connectivity index (χ4n) is 4.03. The van der Waals surface area contributed by atoms with Gasteiger partial charge in [-0.2, -0.15) is 0 Å². The van der Waals surface area contributed by atoms with Crippen molar-refractivity contribution in [2.45, 2.75) is 65.1 Å². The van der Waals surface area contributed by atoms with Gasteiger partial charge in [-0.05, 0) is 74.6 Å². The lowest BCUT2D eigenvalue weighted by Gasteiger charge is -2.30. The molecule has 0 spiro atoms. The maximum atomic E-state index is 13.2. The molecule has 1 aliphatic rings. The van der Waals surface area contributed by atoms with Gasteiger partial charge in [0.05, 0.1) is 0 Å². The van der Waals surface area contributed by atoms with Crippen molar-refractivity contribution in [3.05, 3.63) is 62.1 Å². The van der Waals surface area contributed by atoms with Gasteiger partial charge in [-0.15, -0.1) is 0 Å². The summed E-state index contributed by atoms with van der Waals surface area (Å²) in [6, 6.07) is 8.15. The zero-order chi connectivity index (χ0) is 24.1. The van der Waals surface area contributed by atoms with E-state index in [1.54, 1.807) is 37.3 Å². The fourth-order valence-corrected chi connectivity index (χ4v) is 4.60. The lowest BCUT2D eigenvalue weighted by molar-refractivity contribution is -0.142. The molecule has 3 rings (SSSR count). The molecule has 2 amide bonds. The highest BCUT2D eigenvalue weighted by Gasteiger charge is 2.29. The first kappa shape index (κ1) is 25.7. The Morgan fingerprint density at radius 2 is 1.73 bits per heavy atom. The van der Waals surface area contributed by atoms with Crippen LogP contribution in [0.2, 0.25) is 15.1 Å². The van der Waals surface area contributed by atoms with E-state index in [1.165, 1.54) is 4.90 Å². The number of amides is 2. The molecule has 0 unspecified atom stereocenters. The number of nitrogens with one attached hydrogen (secondary N) is 1. The monoisotopic (exact) mass is 510 g/mol. The van der Waals surface area contributed by atoms with E-state index in [4.69, 9.17) is 39.5 Å². The molecule has 1 N–H and O–H groups in total. The topological polar surface area (TPSA) is 58.6 Å². The van der Waals surface area contributed by atoms with Crippen molar-refractivity contribution in [2.75, 3.05) is 6.61 Å². The summed E-state index contributed by atoms with van der Waals surface area (Å²) in [5, 5.41) is 4.69. The Labute approximate surface area is 210 Å². The van der Waals surface area contributed by atoms with Crippen molar-refractivity contribution in [3.63, 3.8) is 0 Å². The van der Waals surface area contributed by atoms with Crippen LogP contribution < -0.4 is 10.1 Å². The van der Waals surface area contributed by atoms with Gasteiger partial charge in [-0.3, -0.25) is 9.59 Å². The predicted octanol–water partition coefficient (Wildman–Crippen LogP) is 6.12. The van der Waals surface area contributed by atoms with E-state index in [9.17, 15) is 9.59 Å². The third-order valence-electron chi connectivity index (χ3n) is 6.00. The number of nitrogens with zero attached hydrogens (tertiary/aromatic N) is 1. The second-order valence-electron chi connectivity index (χ2n) is 8.58. The van der Waals surface area contributed by atoms with Crippen LogP contribution in [0.25, 0.3) is 0 Å². The first-order valence-corrected chi connectivity index (χ1v) is 12.2. The van der Waals surface area contributed by atoms with Crippen LogP contribution in [-0.2, 0) is 16.1 Å². The summed E-state index contributed by atoms with van der Waals surface area (Å²) in [4.78, 5) is 27.7. The molecule has 5 nitrogen and oxygen atoms in total. The highest BCUT2D eigenvalue weighted by molar-refractivity contribution is 6.35. The average molecular weight is 512 g/mol. The summed E-state index contributed by atoms with van der Waals surface area (Å²) in [7, 11) is 0. The molecule has 0 aromatic heterocycles. The molecule has 178 valence electrons. The Morgan fingerprint density at radius 1 is 1.09 bits per heavy atom. The van der Waals surface area contributed by atoms with Gasteiger partial charge in [0, 0.05) is 27.7 Å². The molecule has 0 aliphatic heterocycles. The molecule has 1 fully saturated rings. The van der Waals surface area contributed by atoms with Gasteiger partial charge in [0.25, 0.3) is 5.91 Å². The van der Waals surface area contributed by atoms with Crippen molar-refractivity contribution in [1.82, 2.24) is 10.2 Å². The molecule has 0 saturated heterocycles.